The first-order chi connectivity index (χ1) is 8.11. The lowest BCUT2D eigenvalue weighted by Crippen LogP contribution is -2.27. The number of halogens is 1. The van der Waals surface area contributed by atoms with Gasteiger partial charge in [0.05, 0.1) is 18.4 Å². The summed E-state index contributed by atoms with van der Waals surface area (Å²) in [7, 11) is 0. The van der Waals surface area contributed by atoms with Gasteiger partial charge < -0.3 is 14.5 Å². The molecule has 0 aliphatic heterocycles. The Morgan fingerprint density at radius 2 is 2.29 bits per heavy atom. The fourth-order valence-electron chi connectivity index (χ4n) is 1.21. The largest absolute Gasteiger partial charge is 0.457 e. The Kier molecular flexibility index (Phi) is 6.29. The van der Waals surface area contributed by atoms with Crippen LogP contribution in [-0.2, 0) is 4.74 Å². The second-order valence-electron chi connectivity index (χ2n) is 4.16. The lowest BCUT2D eigenvalue weighted by molar-refractivity contribution is 0.0904. The minimum atomic E-state index is -0.155. The van der Waals surface area contributed by atoms with E-state index in [0.29, 0.717) is 29.3 Å². The van der Waals surface area contributed by atoms with Gasteiger partial charge in [0.25, 0.3) is 5.91 Å². The summed E-state index contributed by atoms with van der Waals surface area (Å²) in [6, 6.07) is 1.62. The first kappa shape index (κ1) is 14.3. The van der Waals surface area contributed by atoms with Crippen molar-refractivity contribution in [3.05, 3.63) is 22.6 Å². The number of rotatable bonds is 7. The number of carbonyl (C=O) groups excluding carboxylic acids is 1. The molecule has 0 saturated heterocycles. The van der Waals surface area contributed by atoms with Crippen LogP contribution in [0.25, 0.3) is 0 Å². The standard InChI is InChI=1S/C12H18BrNO3/c1-9(2)3-6-16-8-5-14-12(15)10-4-7-17-11(10)13/h4,7,9H,3,5-6,8H2,1-2H3,(H,14,15). The summed E-state index contributed by atoms with van der Waals surface area (Å²) in [6.07, 6.45) is 2.51. The van der Waals surface area contributed by atoms with E-state index >= 15 is 0 Å². The van der Waals surface area contributed by atoms with Crippen LogP contribution in [0.1, 0.15) is 30.6 Å². The molecule has 1 aromatic rings. The molecule has 1 rings (SSSR count). The molecule has 0 radical (unpaired) electrons. The molecule has 1 heterocycles. The Morgan fingerprint density at radius 3 is 2.88 bits per heavy atom. The number of furan rings is 1. The van der Waals surface area contributed by atoms with E-state index < -0.39 is 0 Å². The number of nitrogens with one attached hydrogen (secondary N) is 1. The third-order valence-corrected chi connectivity index (χ3v) is 2.85. The highest BCUT2D eigenvalue weighted by Crippen LogP contribution is 2.16. The molecule has 0 aliphatic rings. The van der Waals surface area contributed by atoms with E-state index in [2.05, 4.69) is 35.1 Å². The van der Waals surface area contributed by atoms with Crippen molar-refractivity contribution in [2.24, 2.45) is 5.92 Å². The molecule has 0 aliphatic carbocycles. The molecule has 1 N–H and O–H groups in total. The second kappa shape index (κ2) is 7.50. The predicted octanol–water partition coefficient (Wildman–Crippen LogP) is 2.83. The van der Waals surface area contributed by atoms with Crippen molar-refractivity contribution in [3.8, 4) is 0 Å². The lowest BCUT2D eigenvalue weighted by Gasteiger charge is -2.07. The molecule has 1 aromatic heterocycles. The summed E-state index contributed by atoms with van der Waals surface area (Å²) in [6.45, 7) is 6.09. The summed E-state index contributed by atoms with van der Waals surface area (Å²) in [5.41, 5.74) is 0.507. The normalized spacial score (nSPS) is 10.8. The quantitative estimate of drug-likeness (QED) is 0.788. The van der Waals surface area contributed by atoms with Gasteiger partial charge in [0.2, 0.25) is 0 Å². The van der Waals surface area contributed by atoms with E-state index in [0.717, 1.165) is 13.0 Å². The molecule has 0 fully saturated rings. The minimum absolute atomic E-state index is 0.155. The van der Waals surface area contributed by atoms with Gasteiger partial charge in [0, 0.05) is 13.2 Å². The molecule has 0 atom stereocenters. The first-order valence-electron chi connectivity index (χ1n) is 5.70. The van der Waals surface area contributed by atoms with Gasteiger partial charge in [0.1, 0.15) is 0 Å². The summed E-state index contributed by atoms with van der Waals surface area (Å²) >= 11 is 3.16. The van der Waals surface area contributed by atoms with Crippen molar-refractivity contribution < 1.29 is 13.9 Å². The van der Waals surface area contributed by atoms with E-state index in [9.17, 15) is 4.79 Å². The third kappa shape index (κ3) is 5.37. The van der Waals surface area contributed by atoms with Crippen LogP contribution in [0, 0.1) is 5.92 Å². The van der Waals surface area contributed by atoms with Crippen LogP contribution in [-0.4, -0.2) is 25.7 Å². The summed E-state index contributed by atoms with van der Waals surface area (Å²) in [4.78, 5) is 11.6. The van der Waals surface area contributed by atoms with Crippen molar-refractivity contribution >= 4 is 21.8 Å². The van der Waals surface area contributed by atoms with Crippen LogP contribution in [0.5, 0.6) is 0 Å². The predicted molar refractivity (Wildman–Crippen MR) is 69.0 cm³/mol. The van der Waals surface area contributed by atoms with Crippen LogP contribution >= 0.6 is 15.9 Å². The maximum Gasteiger partial charge on any atom is 0.255 e. The molecule has 5 heteroatoms. The van der Waals surface area contributed by atoms with Gasteiger partial charge in [-0.15, -0.1) is 0 Å². The monoisotopic (exact) mass is 303 g/mol. The fourth-order valence-corrected chi connectivity index (χ4v) is 1.63. The van der Waals surface area contributed by atoms with Crippen LogP contribution in [0.2, 0.25) is 0 Å². The number of carbonyl (C=O) groups is 1. The average molecular weight is 304 g/mol. The van der Waals surface area contributed by atoms with E-state index in [1.807, 2.05) is 0 Å². The van der Waals surface area contributed by atoms with Gasteiger partial charge in [-0.1, -0.05) is 13.8 Å². The molecule has 0 unspecified atom stereocenters. The molecule has 17 heavy (non-hydrogen) atoms. The second-order valence-corrected chi connectivity index (χ2v) is 4.88. The molecule has 0 bridgehead atoms. The highest BCUT2D eigenvalue weighted by atomic mass is 79.9. The van der Waals surface area contributed by atoms with Gasteiger partial charge >= 0.3 is 0 Å². The Morgan fingerprint density at radius 1 is 1.53 bits per heavy atom. The van der Waals surface area contributed by atoms with Crippen molar-refractivity contribution in [3.63, 3.8) is 0 Å². The van der Waals surface area contributed by atoms with Gasteiger partial charge in [-0.3, -0.25) is 4.79 Å². The molecule has 0 saturated carbocycles. The molecule has 96 valence electrons. The average Bonchev–Trinajstić information content (AvgIpc) is 2.69. The van der Waals surface area contributed by atoms with E-state index in [1.54, 1.807) is 6.07 Å². The number of ether oxygens (including phenoxy) is 1. The van der Waals surface area contributed by atoms with Crippen molar-refractivity contribution in [2.75, 3.05) is 19.8 Å². The molecule has 1 amide bonds. The van der Waals surface area contributed by atoms with Crippen LogP contribution < -0.4 is 5.32 Å². The van der Waals surface area contributed by atoms with Crippen LogP contribution in [0.4, 0.5) is 0 Å². The van der Waals surface area contributed by atoms with Gasteiger partial charge in [-0.2, -0.15) is 0 Å². The zero-order chi connectivity index (χ0) is 12.7. The molecule has 4 nitrogen and oxygen atoms in total. The first-order valence-corrected chi connectivity index (χ1v) is 6.49. The number of amides is 1. The maximum atomic E-state index is 11.6. The minimum Gasteiger partial charge on any atom is -0.457 e. The lowest BCUT2D eigenvalue weighted by atomic mass is 10.1. The fraction of sp³-hybridized carbons (Fsp3) is 0.583. The van der Waals surface area contributed by atoms with Crippen molar-refractivity contribution in [2.45, 2.75) is 20.3 Å². The topological polar surface area (TPSA) is 51.5 Å². The highest BCUT2D eigenvalue weighted by Gasteiger charge is 2.11. The van der Waals surface area contributed by atoms with Crippen LogP contribution in [0.15, 0.2) is 21.4 Å². The maximum absolute atomic E-state index is 11.6. The SMILES string of the molecule is CC(C)CCOCCNC(=O)c1ccoc1Br. The Bertz CT molecular complexity index is 349. The number of hydrogen-bond donors (Lipinski definition) is 1. The van der Waals surface area contributed by atoms with E-state index in [4.69, 9.17) is 9.15 Å². The summed E-state index contributed by atoms with van der Waals surface area (Å²) < 4.78 is 10.8. The molecular weight excluding hydrogens is 286 g/mol. The van der Waals surface area contributed by atoms with E-state index in [1.165, 1.54) is 6.26 Å². The summed E-state index contributed by atoms with van der Waals surface area (Å²) in [5.74, 6) is 0.490. The molecular formula is C12H18BrNO3. The van der Waals surface area contributed by atoms with Crippen molar-refractivity contribution in [1.82, 2.24) is 5.32 Å². The Balaban J connectivity index is 2.11. The smallest absolute Gasteiger partial charge is 0.255 e. The van der Waals surface area contributed by atoms with Gasteiger partial charge in [-0.05, 0) is 34.3 Å². The molecule has 0 spiro atoms. The van der Waals surface area contributed by atoms with Crippen LogP contribution in [0.3, 0.4) is 0 Å². The van der Waals surface area contributed by atoms with E-state index in [-0.39, 0.29) is 5.91 Å². The highest BCUT2D eigenvalue weighted by molar-refractivity contribution is 9.10. The van der Waals surface area contributed by atoms with Gasteiger partial charge in [0.15, 0.2) is 4.67 Å². The zero-order valence-electron chi connectivity index (χ0n) is 10.2. The Labute approximate surface area is 110 Å². The number of hydrogen-bond acceptors (Lipinski definition) is 3. The molecule has 0 aromatic carbocycles. The Hall–Kier alpha value is -0.810. The third-order valence-electron chi connectivity index (χ3n) is 2.23. The summed E-state index contributed by atoms with van der Waals surface area (Å²) in [5, 5.41) is 2.76. The van der Waals surface area contributed by atoms with Crippen molar-refractivity contribution in [1.29, 1.82) is 0 Å². The van der Waals surface area contributed by atoms with Gasteiger partial charge in [-0.25, -0.2) is 0 Å². The zero-order valence-corrected chi connectivity index (χ0v) is 11.7.